The van der Waals surface area contributed by atoms with Crippen molar-refractivity contribution in [2.24, 2.45) is 0 Å². The second kappa shape index (κ2) is 7.60. The minimum Gasteiger partial charge on any atom is -0.426 e. The number of rotatable bonds is 6. The molecule has 1 atom stereocenters. The number of carbonyl (C=O) groups is 2. The predicted molar refractivity (Wildman–Crippen MR) is 79.8 cm³/mol. The topological polar surface area (TPSA) is 79.2 Å². The Labute approximate surface area is 128 Å². The lowest BCUT2D eigenvalue weighted by atomic mass is 10.0. The number of nitriles is 1. The van der Waals surface area contributed by atoms with Crippen molar-refractivity contribution in [2.75, 3.05) is 0 Å². The molecule has 0 radical (unpaired) electrons. The van der Waals surface area contributed by atoms with Gasteiger partial charge in [-0.25, -0.2) is 0 Å². The van der Waals surface area contributed by atoms with E-state index in [1.807, 2.05) is 36.4 Å². The van der Waals surface area contributed by atoms with Crippen molar-refractivity contribution >= 4 is 12.4 Å². The number of benzene rings is 2. The van der Waals surface area contributed by atoms with Crippen LogP contribution in [0.3, 0.4) is 0 Å². The quantitative estimate of drug-likeness (QED) is 0.504. The Morgan fingerprint density at radius 1 is 1.18 bits per heavy atom. The van der Waals surface area contributed by atoms with Crippen molar-refractivity contribution in [2.45, 2.75) is 12.5 Å². The molecule has 0 aliphatic heterocycles. The first-order chi connectivity index (χ1) is 10.7. The van der Waals surface area contributed by atoms with Crippen LogP contribution in [0.25, 0.3) is 0 Å². The highest BCUT2D eigenvalue weighted by molar-refractivity contribution is 5.73. The summed E-state index contributed by atoms with van der Waals surface area (Å²) < 4.78 is 5.21. The molecule has 0 aliphatic rings. The minimum absolute atomic E-state index is 0.0166. The van der Waals surface area contributed by atoms with Gasteiger partial charge in [0.1, 0.15) is 5.75 Å². The minimum atomic E-state index is -0.465. The zero-order chi connectivity index (χ0) is 15.8. The van der Waals surface area contributed by atoms with E-state index >= 15 is 0 Å². The van der Waals surface area contributed by atoms with E-state index in [9.17, 15) is 9.59 Å². The van der Waals surface area contributed by atoms with Crippen LogP contribution in [0.1, 0.15) is 23.6 Å². The summed E-state index contributed by atoms with van der Waals surface area (Å²) in [6.45, 7) is 0. The SMILES string of the molecule is N#Cc1ccc(OC(=O)CC(NC=O)c2ccccc2)cc1. The van der Waals surface area contributed by atoms with Gasteiger partial charge in [-0.1, -0.05) is 30.3 Å². The Morgan fingerprint density at radius 2 is 1.86 bits per heavy atom. The lowest BCUT2D eigenvalue weighted by Crippen LogP contribution is -2.24. The van der Waals surface area contributed by atoms with Crippen LogP contribution in [-0.2, 0) is 9.59 Å². The molecule has 110 valence electrons. The van der Waals surface area contributed by atoms with Crippen LogP contribution in [0.15, 0.2) is 54.6 Å². The third kappa shape index (κ3) is 4.18. The molecule has 2 aromatic rings. The molecule has 1 amide bonds. The van der Waals surface area contributed by atoms with Gasteiger partial charge in [0.2, 0.25) is 6.41 Å². The summed E-state index contributed by atoms with van der Waals surface area (Å²) in [5, 5.41) is 11.3. The van der Waals surface area contributed by atoms with Gasteiger partial charge in [-0.15, -0.1) is 0 Å². The van der Waals surface area contributed by atoms with Crippen LogP contribution in [0, 0.1) is 11.3 Å². The summed E-state index contributed by atoms with van der Waals surface area (Å²) in [5.74, 6) is -0.102. The molecule has 5 nitrogen and oxygen atoms in total. The standard InChI is InChI=1S/C17H14N2O3/c18-11-13-6-8-15(9-7-13)22-17(21)10-16(19-12-20)14-4-2-1-3-5-14/h1-9,12,16H,10H2,(H,19,20). The molecule has 0 saturated carbocycles. The van der Waals surface area contributed by atoms with Gasteiger partial charge in [-0.3, -0.25) is 9.59 Å². The highest BCUT2D eigenvalue weighted by atomic mass is 16.5. The zero-order valence-electron chi connectivity index (χ0n) is 11.7. The van der Waals surface area contributed by atoms with Gasteiger partial charge in [0.15, 0.2) is 0 Å². The summed E-state index contributed by atoms with van der Waals surface area (Å²) in [6, 6.07) is 17.0. The number of nitrogens with one attached hydrogen (secondary N) is 1. The highest BCUT2D eigenvalue weighted by Crippen LogP contribution is 2.18. The molecule has 2 rings (SSSR count). The molecule has 1 N–H and O–H groups in total. The maximum Gasteiger partial charge on any atom is 0.313 e. The number of nitrogens with zero attached hydrogens (tertiary/aromatic N) is 1. The maximum absolute atomic E-state index is 12.0. The molecular weight excluding hydrogens is 280 g/mol. The monoisotopic (exact) mass is 294 g/mol. The number of hydrogen-bond acceptors (Lipinski definition) is 4. The molecule has 0 aromatic heterocycles. The zero-order valence-corrected chi connectivity index (χ0v) is 11.7. The number of esters is 1. The van der Waals surface area contributed by atoms with E-state index in [0.717, 1.165) is 5.56 Å². The van der Waals surface area contributed by atoms with Crippen molar-refractivity contribution in [3.63, 3.8) is 0 Å². The lowest BCUT2D eigenvalue weighted by molar-refractivity contribution is -0.135. The van der Waals surface area contributed by atoms with E-state index in [2.05, 4.69) is 5.32 Å². The fraction of sp³-hybridized carbons (Fsp3) is 0.118. The summed E-state index contributed by atoms with van der Waals surface area (Å²) in [4.78, 5) is 22.7. The lowest BCUT2D eigenvalue weighted by Gasteiger charge is -2.15. The first kappa shape index (κ1) is 15.3. The summed E-state index contributed by atoms with van der Waals surface area (Å²) in [6.07, 6.45) is 0.579. The summed E-state index contributed by atoms with van der Waals surface area (Å²) >= 11 is 0. The number of hydrogen-bond donors (Lipinski definition) is 1. The van der Waals surface area contributed by atoms with Crippen LogP contribution in [0.2, 0.25) is 0 Å². The maximum atomic E-state index is 12.0. The molecule has 1 unspecified atom stereocenters. The Bertz CT molecular complexity index is 675. The molecule has 0 aliphatic carbocycles. The molecule has 22 heavy (non-hydrogen) atoms. The van der Waals surface area contributed by atoms with Crippen molar-refractivity contribution in [3.8, 4) is 11.8 Å². The Kier molecular flexibility index (Phi) is 5.27. The van der Waals surface area contributed by atoms with Crippen LogP contribution < -0.4 is 10.1 Å². The Hall–Kier alpha value is -3.13. The third-order valence-corrected chi connectivity index (χ3v) is 3.06. The molecule has 2 aromatic carbocycles. The predicted octanol–water partition coefficient (Wildman–Crippen LogP) is 2.34. The molecule has 0 bridgehead atoms. The molecule has 0 spiro atoms. The van der Waals surface area contributed by atoms with E-state index in [1.54, 1.807) is 24.3 Å². The van der Waals surface area contributed by atoms with Crippen LogP contribution in [0.4, 0.5) is 0 Å². The van der Waals surface area contributed by atoms with E-state index in [4.69, 9.17) is 10.00 Å². The van der Waals surface area contributed by atoms with Crippen LogP contribution in [0.5, 0.6) is 5.75 Å². The van der Waals surface area contributed by atoms with E-state index in [-0.39, 0.29) is 6.42 Å². The van der Waals surface area contributed by atoms with Crippen molar-refractivity contribution < 1.29 is 14.3 Å². The van der Waals surface area contributed by atoms with Crippen molar-refractivity contribution in [1.29, 1.82) is 5.26 Å². The molecule has 0 heterocycles. The van der Waals surface area contributed by atoms with Gasteiger partial charge in [-0.2, -0.15) is 5.26 Å². The Morgan fingerprint density at radius 3 is 2.45 bits per heavy atom. The van der Waals surface area contributed by atoms with E-state index in [1.165, 1.54) is 0 Å². The largest absolute Gasteiger partial charge is 0.426 e. The van der Waals surface area contributed by atoms with Crippen molar-refractivity contribution in [1.82, 2.24) is 5.32 Å². The molecule has 0 fully saturated rings. The third-order valence-electron chi connectivity index (χ3n) is 3.06. The fourth-order valence-corrected chi connectivity index (χ4v) is 1.98. The van der Waals surface area contributed by atoms with Crippen molar-refractivity contribution in [3.05, 3.63) is 65.7 Å². The second-order valence-corrected chi connectivity index (χ2v) is 4.56. The fourth-order valence-electron chi connectivity index (χ4n) is 1.98. The number of amides is 1. The first-order valence-corrected chi connectivity index (χ1v) is 6.68. The van der Waals surface area contributed by atoms with Gasteiger partial charge in [0.05, 0.1) is 24.1 Å². The Balaban J connectivity index is 2.02. The highest BCUT2D eigenvalue weighted by Gasteiger charge is 2.16. The average molecular weight is 294 g/mol. The van der Waals surface area contributed by atoms with Gasteiger partial charge in [0.25, 0.3) is 0 Å². The summed E-state index contributed by atoms with van der Waals surface area (Å²) in [7, 11) is 0. The smallest absolute Gasteiger partial charge is 0.313 e. The summed E-state index contributed by atoms with van der Waals surface area (Å²) in [5.41, 5.74) is 1.32. The second-order valence-electron chi connectivity index (χ2n) is 4.56. The van der Waals surface area contributed by atoms with Gasteiger partial charge < -0.3 is 10.1 Å². The number of carbonyl (C=O) groups excluding carboxylic acids is 2. The molecule has 0 saturated heterocycles. The number of ether oxygens (including phenoxy) is 1. The average Bonchev–Trinajstić information content (AvgIpc) is 2.56. The first-order valence-electron chi connectivity index (χ1n) is 6.68. The van der Waals surface area contributed by atoms with Crippen LogP contribution >= 0.6 is 0 Å². The van der Waals surface area contributed by atoms with E-state index < -0.39 is 12.0 Å². The van der Waals surface area contributed by atoms with Gasteiger partial charge in [-0.05, 0) is 29.8 Å². The molecule has 5 heteroatoms. The normalized spacial score (nSPS) is 11.0. The van der Waals surface area contributed by atoms with Crippen LogP contribution in [-0.4, -0.2) is 12.4 Å². The van der Waals surface area contributed by atoms with E-state index in [0.29, 0.717) is 17.7 Å². The van der Waals surface area contributed by atoms with Gasteiger partial charge in [0, 0.05) is 0 Å². The van der Waals surface area contributed by atoms with Gasteiger partial charge >= 0.3 is 5.97 Å². The molecular formula is C17H14N2O3.